The Morgan fingerprint density at radius 3 is 2.14 bits per heavy atom. The Balaban J connectivity index is 0.000000647. The quantitative estimate of drug-likeness (QED) is 0.199. The van der Waals surface area contributed by atoms with Gasteiger partial charge in [-0.3, -0.25) is 0 Å². The van der Waals surface area contributed by atoms with Crippen molar-refractivity contribution in [1.29, 1.82) is 0 Å². The minimum atomic E-state index is 0.210. The number of benzene rings is 2. The van der Waals surface area contributed by atoms with Gasteiger partial charge >= 0.3 is 0 Å². The predicted octanol–water partition coefficient (Wildman–Crippen LogP) is 12.9. The Labute approximate surface area is 272 Å². The molecule has 0 radical (unpaired) electrons. The SMILES string of the molecule is C1CCC1.C=C(C/C(=C/CC1CCC1)CCC)Nc1cccc(C(/C(C)=C/NCC)c2cccc(C)c2C)c1.CCCCC. The Morgan fingerprint density at radius 2 is 1.59 bits per heavy atom. The third kappa shape index (κ3) is 13.5. The second-order valence-corrected chi connectivity index (χ2v) is 13.1. The van der Waals surface area contributed by atoms with Gasteiger partial charge in [-0.05, 0) is 92.6 Å². The van der Waals surface area contributed by atoms with Crippen molar-refractivity contribution in [3.63, 3.8) is 0 Å². The van der Waals surface area contributed by atoms with Crippen LogP contribution in [0.2, 0.25) is 0 Å². The number of hydrogen-bond donors (Lipinski definition) is 2. The average molecular weight is 599 g/mol. The highest BCUT2D eigenvalue weighted by Crippen LogP contribution is 2.36. The Kier molecular flexibility index (Phi) is 18.6. The van der Waals surface area contributed by atoms with Gasteiger partial charge in [0.1, 0.15) is 0 Å². The molecule has 2 heteroatoms. The second-order valence-electron chi connectivity index (χ2n) is 13.1. The maximum absolute atomic E-state index is 4.39. The zero-order valence-corrected chi connectivity index (χ0v) is 29.7. The van der Waals surface area contributed by atoms with Gasteiger partial charge < -0.3 is 10.6 Å². The Hall–Kier alpha value is -2.74. The van der Waals surface area contributed by atoms with E-state index in [1.807, 2.05) is 0 Å². The molecule has 1 atom stereocenters. The monoisotopic (exact) mass is 599 g/mol. The molecule has 2 aliphatic rings. The number of allylic oxidation sites excluding steroid dienone is 3. The van der Waals surface area contributed by atoms with Gasteiger partial charge in [-0.1, -0.05) is 140 Å². The number of nitrogens with one attached hydrogen (secondary N) is 2. The topological polar surface area (TPSA) is 24.1 Å². The van der Waals surface area contributed by atoms with E-state index in [-0.39, 0.29) is 5.92 Å². The van der Waals surface area contributed by atoms with Crippen molar-refractivity contribution >= 4 is 5.69 Å². The molecule has 4 rings (SSSR count). The van der Waals surface area contributed by atoms with E-state index in [9.17, 15) is 0 Å². The minimum Gasteiger partial charge on any atom is -0.391 e. The van der Waals surface area contributed by atoms with E-state index in [1.165, 1.54) is 110 Å². The summed E-state index contributed by atoms with van der Waals surface area (Å²) >= 11 is 0. The summed E-state index contributed by atoms with van der Waals surface area (Å²) in [6.45, 7) is 20.8. The molecule has 44 heavy (non-hydrogen) atoms. The third-order valence-electron chi connectivity index (χ3n) is 9.17. The Bertz CT molecular complexity index is 1140. The van der Waals surface area contributed by atoms with Crippen molar-refractivity contribution in [2.75, 3.05) is 11.9 Å². The van der Waals surface area contributed by atoms with Crippen LogP contribution in [0.25, 0.3) is 0 Å². The lowest BCUT2D eigenvalue weighted by Gasteiger charge is -2.24. The standard InChI is InChI=1S/C33H46N2.C5H12.C4H8/c1-7-12-29(20-19-28-14-10-15-28)21-26(5)35-31-17-11-16-30(22-31)33(25(4)23-34-8-2)32-18-9-13-24(3)27(32)6;1-3-5-4-2;1-2-4-3-1/h9,11,13,16-18,20,22-23,28,33-35H,5,7-8,10,12,14-15,19,21H2,1-4,6H3;3-5H2,1-2H3;1-4H2/b25-23+,29-20+;;. The van der Waals surface area contributed by atoms with Crippen LogP contribution in [0.5, 0.6) is 0 Å². The largest absolute Gasteiger partial charge is 0.391 e. The summed E-state index contributed by atoms with van der Waals surface area (Å²) in [5.74, 6) is 1.13. The molecule has 2 aromatic carbocycles. The average Bonchev–Trinajstić information content (AvgIpc) is 2.93. The maximum Gasteiger partial charge on any atom is 0.0384 e. The first-order valence-electron chi connectivity index (χ1n) is 18.0. The molecule has 2 nitrogen and oxygen atoms in total. The van der Waals surface area contributed by atoms with E-state index < -0.39 is 0 Å². The molecule has 2 saturated carbocycles. The van der Waals surface area contributed by atoms with Crippen molar-refractivity contribution < 1.29 is 0 Å². The van der Waals surface area contributed by atoms with Crippen LogP contribution in [0.3, 0.4) is 0 Å². The summed E-state index contributed by atoms with van der Waals surface area (Å²) in [7, 11) is 0. The summed E-state index contributed by atoms with van der Waals surface area (Å²) in [5.41, 5.74) is 10.4. The predicted molar refractivity (Wildman–Crippen MR) is 198 cm³/mol. The molecule has 244 valence electrons. The minimum absolute atomic E-state index is 0.210. The fourth-order valence-corrected chi connectivity index (χ4v) is 5.69. The lowest BCUT2D eigenvalue weighted by molar-refractivity contribution is 0.319. The van der Waals surface area contributed by atoms with Gasteiger partial charge in [0.2, 0.25) is 0 Å². The Morgan fingerprint density at radius 1 is 0.909 bits per heavy atom. The van der Waals surface area contributed by atoms with E-state index >= 15 is 0 Å². The van der Waals surface area contributed by atoms with Crippen LogP contribution >= 0.6 is 0 Å². The molecular weight excluding hydrogens is 532 g/mol. The summed E-state index contributed by atoms with van der Waals surface area (Å²) in [5, 5.41) is 7.04. The first-order valence-corrected chi connectivity index (χ1v) is 18.0. The van der Waals surface area contributed by atoms with Gasteiger partial charge in [0.25, 0.3) is 0 Å². The fourth-order valence-electron chi connectivity index (χ4n) is 5.69. The highest BCUT2D eigenvalue weighted by Gasteiger charge is 2.20. The molecule has 0 heterocycles. The first-order chi connectivity index (χ1) is 21.3. The van der Waals surface area contributed by atoms with Crippen LogP contribution in [0.1, 0.15) is 153 Å². The number of aryl methyl sites for hydroxylation is 1. The third-order valence-corrected chi connectivity index (χ3v) is 9.17. The van der Waals surface area contributed by atoms with Crippen molar-refractivity contribution in [1.82, 2.24) is 5.32 Å². The highest BCUT2D eigenvalue weighted by molar-refractivity contribution is 5.55. The van der Waals surface area contributed by atoms with Crippen LogP contribution in [0, 0.1) is 19.8 Å². The maximum atomic E-state index is 4.39. The molecule has 0 saturated heterocycles. The van der Waals surface area contributed by atoms with Gasteiger partial charge in [-0.15, -0.1) is 0 Å². The van der Waals surface area contributed by atoms with Gasteiger partial charge in [0.05, 0.1) is 0 Å². The van der Waals surface area contributed by atoms with Crippen molar-refractivity contribution in [3.05, 3.63) is 100 Å². The van der Waals surface area contributed by atoms with Crippen LogP contribution in [0.4, 0.5) is 5.69 Å². The van der Waals surface area contributed by atoms with Gasteiger partial charge in [0, 0.05) is 30.3 Å². The van der Waals surface area contributed by atoms with Crippen LogP contribution < -0.4 is 10.6 Å². The molecule has 0 spiro atoms. The number of anilines is 1. The lowest BCUT2D eigenvalue weighted by Crippen LogP contribution is -2.11. The zero-order chi connectivity index (χ0) is 32.2. The normalized spacial score (nSPS) is 15.4. The van der Waals surface area contributed by atoms with E-state index in [0.29, 0.717) is 0 Å². The molecular formula is C42H66N2. The van der Waals surface area contributed by atoms with Crippen molar-refractivity contribution in [2.24, 2.45) is 5.92 Å². The fraction of sp³-hybridized carbons (Fsp3) is 0.571. The molecule has 2 aliphatic carbocycles. The van der Waals surface area contributed by atoms with E-state index in [0.717, 1.165) is 36.7 Å². The summed E-state index contributed by atoms with van der Waals surface area (Å²) in [4.78, 5) is 0. The molecule has 2 aromatic rings. The smallest absolute Gasteiger partial charge is 0.0384 e. The zero-order valence-electron chi connectivity index (χ0n) is 29.7. The van der Waals surface area contributed by atoms with E-state index in [2.05, 4.69) is 120 Å². The van der Waals surface area contributed by atoms with Crippen molar-refractivity contribution in [2.45, 2.75) is 144 Å². The van der Waals surface area contributed by atoms with Gasteiger partial charge in [-0.25, -0.2) is 0 Å². The summed E-state index contributed by atoms with van der Waals surface area (Å²) in [6.07, 6.45) is 23.5. The summed E-state index contributed by atoms with van der Waals surface area (Å²) < 4.78 is 0. The first kappa shape index (κ1) is 37.4. The van der Waals surface area contributed by atoms with E-state index in [1.54, 1.807) is 0 Å². The molecule has 1 unspecified atom stereocenters. The second kappa shape index (κ2) is 21.9. The van der Waals surface area contributed by atoms with Crippen molar-refractivity contribution in [3.8, 4) is 0 Å². The van der Waals surface area contributed by atoms with Gasteiger partial charge in [0.15, 0.2) is 0 Å². The summed E-state index contributed by atoms with van der Waals surface area (Å²) in [6, 6.07) is 15.6. The van der Waals surface area contributed by atoms with Crippen LogP contribution in [0.15, 0.2) is 78.2 Å². The molecule has 2 N–H and O–H groups in total. The van der Waals surface area contributed by atoms with Gasteiger partial charge in [-0.2, -0.15) is 0 Å². The van der Waals surface area contributed by atoms with Crippen LogP contribution in [-0.2, 0) is 0 Å². The van der Waals surface area contributed by atoms with Crippen LogP contribution in [-0.4, -0.2) is 6.54 Å². The number of hydrogen-bond acceptors (Lipinski definition) is 2. The number of unbranched alkanes of at least 4 members (excludes halogenated alkanes) is 2. The lowest BCUT2D eigenvalue weighted by atomic mass is 9.82. The molecule has 0 aliphatic heterocycles. The molecule has 0 aromatic heterocycles. The highest BCUT2D eigenvalue weighted by atomic mass is 14.9. The molecule has 0 bridgehead atoms. The number of rotatable bonds is 15. The van der Waals surface area contributed by atoms with E-state index in [4.69, 9.17) is 0 Å². The molecule has 2 fully saturated rings. The molecule has 0 amide bonds.